The number of fused-ring (bicyclic) bond motifs is 1. The Labute approximate surface area is 158 Å². The lowest BCUT2D eigenvalue weighted by Gasteiger charge is -2.27. The minimum atomic E-state index is -0.879. The Morgan fingerprint density at radius 3 is 2.46 bits per heavy atom. The Morgan fingerprint density at radius 2 is 1.73 bits per heavy atom. The van der Waals surface area contributed by atoms with Gasteiger partial charge in [0.1, 0.15) is 6.10 Å². The van der Waals surface area contributed by atoms with Crippen LogP contribution in [0.2, 0.25) is 0 Å². The molecule has 0 aliphatic carbocycles. The summed E-state index contributed by atoms with van der Waals surface area (Å²) in [7, 11) is 0. The van der Waals surface area contributed by atoms with Crippen LogP contribution in [0, 0.1) is 0 Å². The molecule has 4 rings (SSSR count). The lowest BCUT2D eigenvalue weighted by Crippen LogP contribution is -2.33. The molecule has 2 aromatic heterocycles. The van der Waals surface area contributed by atoms with Crippen molar-refractivity contribution in [2.75, 3.05) is 26.2 Å². The Hall–Kier alpha value is -1.25. The molecule has 7 heteroatoms. The Bertz CT molecular complexity index is 723. The number of aromatic nitrogens is 2. The van der Waals surface area contributed by atoms with Gasteiger partial charge in [0.05, 0.1) is 24.5 Å². The van der Waals surface area contributed by atoms with Crippen LogP contribution in [-0.4, -0.2) is 56.0 Å². The van der Waals surface area contributed by atoms with Gasteiger partial charge in [0, 0.05) is 35.9 Å². The van der Waals surface area contributed by atoms with Crippen molar-refractivity contribution in [3.05, 3.63) is 39.3 Å². The number of rotatable bonds is 6. The first-order valence-electron chi connectivity index (χ1n) is 9.59. The van der Waals surface area contributed by atoms with Gasteiger partial charge in [-0.3, -0.25) is 14.5 Å². The van der Waals surface area contributed by atoms with E-state index in [0.29, 0.717) is 5.69 Å². The normalized spacial score (nSPS) is 20.2. The lowest BCUT2D eigenvalue weighted by atomic mass is 10.1. The van der Waals surface area contributed by atoms with E-state index in [1.54, 1.807) is 0 Å². The number of thiophene rings is 1. The third kappa shape index (κ3) is 4.18. The fourth-order valence-corrected chi connectivity index (χ4v) is 4.99. The maximum atomic E-state index is 9.78. The van der Waals surface area contributed by atoms with Gasteiger partial charge in [-0.2, -0.15) is 5.10 Å². The van der Waals surface area contributed by atoms with Crippen molar-refractivity contribution < 1.29 is 10.2 Å². The van der Waals surface area contributed by atoms with Crippen molar-refractivity contribution in [3.8, 4) is 0 Å². The van der Waals surface area contributed by atoms with Gasteiger partial charge in [0.15, 0.2) is 0 Å². The molecule has 6 nitrogen and oxygen atoms in total. The molecule has 1 saturated heterocycles. The first-order chi connectivity index (χ1) is 12.7. The number of aliphatic hydroxyl groups excluding tert-OH is 2. The average Bonchev–Trinajstić information content (AvgIpc) is 3.28. The molecular formula is C19H28N4O2S. The zero-order valence-electron chi connectivity index (χ0n) is 15.2. The predicted molar refractivity (Wildman–Crippen MR) is 102 cm³/mol. The molecule has 2 aliphatic rings. The lowest BCUT2D eigenvalue weighted by molar-refractivity contribution is 0.0915. The van der Waals surface area contributed by atoms with Crippen LogP contribution in [0.5, 0.6) is 0 Å². The van der Waals surface area contributed by atoms with Gasteiger partial charge in [0.25, 0.3) is 0 Å². The molecule has 0 aromatic carbocycles. The van der Waals surface area contributed by atoms with Crippen molar-refractivity contribution in [1.29, 1.82) is 0 Å². The van der Waals surface area contributed by atoms with E-state index in [-0.39, 0.29) is 6.61 Å². The van der Waals surface area contributed by atoms with E-state index in [1.165, 1.54) is 42.1 Å². The van der Waals surface area contributed by atoms with Gasteiger partial charge in [-0.05, 0) is 44.1 Å². The largest absolute Gasteiger partial charge is 0.393 e. The number of piperidine rings is 1. The summed E-state index contributed by atoms with van der Waals surface area (Å²) in [5.41, 5.74) is 1.69. The van der Waals surface area contributed by atoms with Crippen LogP contribution in [0.25, 0.3) is 0 Å². The summed E-state index contributed by atoms with van der Waals surface area (Å²) < 4.78 is 1.96. The highest BCUT2D eigenvalue weighted by Crippen LogP contribution is 2.24. The quantitative estimate of drug-likeness (QED) is 0.807. The van der Waals surface area contributed by atoms with E-state index in [4.69, 9.17) is 5.11 Å². The average molecular weight is 377 g/mol. The fraction of sp³-hybridized carbons (Fsp3) is 0.632. The molecule has 1 atom stereocenters. The van der Waals surface area contributed by atoms with Crippen molar-refractivity contribution in [2.24, 2.45) is 0 Å². The topological polar surface area (TPSA) is 64.8 Å². The SMILES string of the molecule is OC[C@H](O)c1cc2n(n1)CCN(Cc1ccc(CN3CCCCC3)s1)C2. The number of likely N-dealkylation sites (tertiary alicyclic amines) is 1. The zero-order chi connectivity index (χ0) is 17.9. The van der Waals surface area contributed by atoms with Crippen LogP contribution in [-0.2, 0) is 26.2 Å². The summed E-state index contributed by atoms with van der Waals surface area (Å²) in [6, 6.07) is 6.48. The molecule has 4 heterocycles. The molecule has 26 heavy (non-hydrogen) atoms. The molecule has 2 N–H and O–H groups in total. The third-order valence-electron chi connectivity index (χ3n) is 5.34. The first kappa shape index (κ1) is 18.1. The molecule has 0 bridgehead atoms. The summed E-state index contributed by atoms with van der Waals surface area (Å²) >= 11 is 1.94. The standard InChI is InChI=1S/C19H28N4O2S/c24-14-19(25)18-10-15-11-22(8-9-23(15)20-18)13-17-5-4-16(26-17)12-21-6-2-1-3-7-21/h4-5,10,19,24-25H,1-3,6-9,11-14H2/t19-/m0/s1. The highest BCUT2D eigenvalue weighted by Gasteiger charge is 2.21. The second-order valence-corrected chi connectivity index (χ2v) is 8.65. The predicted octanol–water partition coefficient (Wildman–Crippen LogP) is 1.97. The summed E-state index contributed by atoms with van der Waals surface area (Å²) in [5.74, 6) is 0. The van der Waals surface area contributed by atoms with Gasteiger partial charge >= 0.3 is 0 Å². The second-order valence-electron chi connectivity index (χ2n) is 7.40. The summed E-state index contributed by atoms with van der Waals surface area (Å²) in [5, 5.41) is 23.3. The van der Waals surface area contributed by atoms with Crippen molar-refractivity contribution in [2.45, 2.75) is 51.5 Å². The number of aliphatic hydroxyl groups is 2. The molecule has 1 fully saturated rings. The minimum Gasteiger partial charge on any atom is -0.393 e. The maximum absolute atomic E-state index is 9.78. The van der Waals surface area contributed by atoms with E-state index < -0.39 is 6.10 Å². The molecule has 0 radical (unpaired) electrons. The molecule has 0 spiro atoms. The van der Waals surface area contributed by atoms with Crippen LogP contribution < -0.4 is 0 Å². The monoisotopic (exact) mass is 376 g/mol. The van der Waals surface area contributed by atoms with Crippen LogP contribution in [0.1, 0.15) is 46.5 Å². The summed E-state index contributed by atoms with van der Waals surface area (Å²) in [4.78, 5) is 7.90. The first-order valence-corrected chi connectivity index (χ1v) is 10.4. The Kier molecular flexibility index (Phi) is 5.71. The van der Waals surface area contributed by atoms with Crippen molar-refractivity contribution in [3.63, 3.8) is 0 Å². The van der Waals surface area contributed by atoms with Gasteiger partial charge in [-0.15, -0.1) is 11.3 Å². The van der Waals surface area contributed by atoms with Crippen LogP contribution in [0.15, 0.2) is 18.2 Å². The number of nitrogens with zero attached hydrogens (tertiary/aromatic N) is 4. The van der Waals surface area contributed by atoms with Crippen LogP contribution in [0.4, 0.5) is 0 Å². The van der Waals surface area contributed by atoms with Crippen molar-refractivity contribution >= 4 is 11.3 Å². The summed E-state index contributed by atoms with van der Waals surface area (Å²) in [6.45, 7) is 6.90. The molecular weight excluding hydrogens is 348 g/mol. The van der Waals surface area contributed by atoms with E-state index in [2.05, 4.69) is 27.0 Å². The molecule has 0 amide bonds. The highest BCUT2D eigenvalue weighted by molar-refractivity contribution is 7.11. The molecule has 2 aliphatic heterocycles. The molecule has 0 unspecified atom stereocenters. The summed E-state index contributed by atoms with van der Waals surface area (Å²) in [6.07, 6.45) is 3.19. The highest BCUT2D eigenvalue weighted by atomic mass is 32.1. The van der Waals surface area contributed by atoms with E-state index >= 15 is 0 Å². The second kappa shape index (κ2) is 8.19. The zero-order valence-corrected chi connectivity index (χ0v) is 16.0. The van der Waals surface area contributed by atoms with Gasteiger partial charge in [-0.1, -0.05) is 6.42 Å². The van der Waals surface area contributed by atoms with Gasteiger partial charge in [0.2, 0.25) is 0 Å². The maximum Gasteiger partial charge on any atom is 0.121 e. The van der Waals surface area contributed by atoms with Crippen LogP contribution in [0.3, 0.4) is 0 Å². The fourth-order valence-electron chi connectivity index (χ4n) is 3.88. The Balaban J connectivity index is 1.34. The molecule has 142 valence electrons. The van der Waals surface area contributed by atoms with Crippen LogP contribution >= 0.6 is 11.3 Å². The van der Waals surface area contributed by atoms with E-state index in [9.17, 15) is 5.11 Å². The molecule has 0 saturated carbocycles. The van der Waals surface area contributed by atoms with Gasteiger partial charge < -0.3 is 10.2 Å². The third-order valence-corrected chi connectivity index (χ3v) is 6.39. The number of hydrogen-bond acceptors (Lipinski definition) is 6. The van der Waals surface area contributed by atoms with E-state index in [1.807, 2.05) is 22.1 Å². The van der Waals surface area contributed by atoms with Gasteiger partial charge in [-0.25, -0.2) is 0 Å². The number of hydrogen-bond donors (Lipinski definition) is 2. The van der Waals surface area contributed by atoms with E-state index in [0.717, 1.165) is 38.4 Å². The Morgan fingerprint density at radius 1 is 1.00 bits per heavy atom. The molecule has 2 aromatic rings. The minimum absolute atomic E-state index is 0.283. The smallest absolute Gasteiger partial charge is 0.121 e. The van der Waals surface area contributed by atoms with Crippen molar-refractivity contribution in [1.82, 2.24) is 19.6 Å².